The molecule has 2 heteroatoms. The van der Waals surface area contributed by atoms with Crippen LogP contribution in [0.25, 0.3) is 0 Å². The summed E-state index contributed by atoms with van der Waals surface area (Å²) in [6.45, 7) is 6.29. The van der Waals surface area contributed by atoms with E-state index in [9.17, 15) is 4.79 Å². The van der Waals surface area contributed by atoms with Gasteiger partial charge in [0, 0.05) is 18.4 Å². The van der Waals surface area contributed by atoms with Crippen molar-refractivity contribution < 1.29 is 4.79 Å². The zero-order chi connectivity index (χ0) is 12.4. The van der Waals surface area contributed by atoms with Gasteiger partial charge in [-0.2, -0.15) is 0 Å². The second-order valence-electron chi connectivity index (χ2n) is 4.30. The number of rotatable bonds is 8. The van der Waals surface area contributed by atoms with Crippen molar-refractivity contribution in [2.24, 2.45) is 5.92 Å². The molecule has 1 atom stereocenters. The molecule has 1 amide bonds. The second kappa shape index (κ2) is 9.27. The molecule has 1 unspecified atom stereocenters. The SMILES string of the molecule is C#CCC(CC)NC(=O)C(CCC)CCC. The van der Waals surface area contributed by atoms with Crippen LogP contribution in [0.5, 0.6) is 0 Å². The second-order valence-corrected chi connectivity index (χ2v) is 4.30. The summed E-state index contributed by atoms with van der Waals surface area (Å²) in [5.41, 5.74) is 0. The lowest BCUT2D eigenvalue weighted by molar-refractivity contribution is -0.126. The Bertz CT molecular complexity index is 223. The van der Waals surface area contributed by atoms with E-state index in [1.54, 1.807) is 0 Å². The van der Waals surface area contributed by atoms with E-state index in [1.165, 1.54) is 0 Å². The van der Waals surface area contributed by atoms with E-state index >= 15 is 0 Å². The minimum Gasteiger partial charge on any atom is -0.352 e. The Kier molecular flexibility index (Phi) is 8.71. The molecule has 0 fully saturated rings. The van der Waals surface area contributed by atoms with Crippen molar-refractivity contribution in [1.29, 1.82) is 0 Å². The molecule has 2 nitrogen and oxygen atoms in total. The maximum absolute atomic E-state index is 12.0. The summed E-state index contributed by atoms with van der Waals surface area (Å²) in [6.07, 6.45) is 10.9. The summed E-state index contributed by atoms with van der Waals surface area (Å²) in [7, 11) is 0. The summed E-state index contributed by atoms with van der Waals surface area (Å²) in [5.74, 6) is 2.97. The third kappa shape index (κ3) is 5.80. The third-order valence-electron chi connectivity index (χ3n) is 2.85. The minimum atomic E-state index is 0.147. The zero-order valence-corrected chi connectivity index (χ0v) is 10.9. The molecule has 0 aliphatic heterocycles. The number of hydrogen-bond donors (Lipinski definition) is 1. The van der Waals surface area contributed by atoms with Gasteiger partial charge in [0.15, 0.2) is 0 Å². The predicted octanol–water partition coefficient (Wildman–Crippen LogP) is 3.12. The topological polar surface area (TPSA) is 29.1 Å². The van der Waals surface area contributed by atoms with Crippen molar-refractivity contribution in [3.63, 3.8) is 0 Å². The van der Waals surface area contributed by atoms with Crippen molar-refractivity contribution in [2.45, 2.75) is 65.3 Å². The zero-order valence-electron chi connectivity index (χ0n) is 10.9. The van der Waals surface area contributed by atoms with Crippen LogP contribution in [0.15, 0.2) is 0 Å². The van der Waals surface area contributed by atoms with Gasteiger partial charge in [-0.25, -0.2) is 0 Å². The smallest absolute Gasteiger partial charge is 0.223 e. The largest absolute Gasteiger partial charge is 0.352 e. The number of hydrogen-bond acceptors (Lipinski definition) is 1. The fourth-order valence-corrected chi connectivity index (χ4v) is 1.86. The van der Waals surface area contributed by atoms with Gasteiger partial charge in [0.05, 0.1) is 0 Å². The molecule has 0 aliphatic carbocycles. The highest BCUT2D eigenvalue weighted by atomic mass is 16.1. The average molecular weight is 223 g/mol. The van der Waals surface area contributed by atoms with E-state index in [0.717, 1.165) is 32.1 Å². The van der Waals surface area contributed by atoms with E-state index in [0.29, 0.717) is 6.42 Å². The summed E-state index contributed by atoms with van der Waals surface area (Å²) >= 11 is 0. The van der Waals surface area contributed by atoms with Crippen molar-refractivity contribution in [3.8, 4) is 12.3 Å². The summed E-state index contributed by atoms with van der Waals surface area (Å²) in [6, 6.07) is 0.147. The van der Waals surface area contributed by atoms with Crippen molar-refractivity contribution in [1.82, 2.24) is 5.32 Å². The van der Waals surface area contributed by atoms with Crippen LogP contribution in [0.3, 0.4) is 0 Å². The van der Waals surface area contributed by atoms with Crippen LogP contribution in [0, 0.1) is 18.3 Å². The highest BCUT2D eigenvalue weighted by Crippen LogP contribution is 2.14. The molecule has 0 aromatic rings. The maximum Gasteiger partial charge on any atom is 0.223 e. The highest BCUT2D eigenvalue weighted by Gasteiger charge is 2.18. The maximum atomic E-state index is 12.0. The summed E-state index contributed by atoms with van der Waals surface area (Å²) in [5, 5.41) is 3.06. The predicted molar refractivity (Wildman–Crippen MR) is 69.0 cm³/mol. The van der Waals surface area contributed by atoms with Gasteiger partial charge in [-0.15, -0.1) is 12.3 Å². The Hall–Kier alpha value is -0.970. The third-order valence-corrected chi connectivity index (χ3v) is 2.85. The first-order chi connectivity index (χ1) is 7.69. The van der Waals surface area contributed by atoms with Crippen molar-refractivity contribution in [3.05, 3.63) is 0 Å². The summed E-state index contributed by atoms with van der Waals surface area (Å²) in [4.78, 5) is 12.0. The molecule has 1 N–H and O–H groups in total. The van der Waals surface area contributed by atoms with Gasteiger partial charge >= 0.3 is 0 Å². The van der Waals surface area contributed by atoms with Crippen molar-refractivity contribution >= 4 is 5.91 Å². The lowest BCUT2D eigenvalue weighted by atomic mass is 9.96. The van der Waals surface area contributed by atoms with E-state index in [-0.39, 0.29) is 17.9 Å². The van der Waals surface area contributed by atoms with Gasteiger partial charge < -0.3 is 5.32 Å². The van der Waals surface area contributed by atoms with Crippen LogP contribution in [-0.2, 0) is 4.79 Å². The van der Waals surface area contributed by atoms with Gasteiger partial charge in [-0.3, -0.25) is 4.79 Å². The number of nitrogens with one attached hydrogen (secondary N) is 1. The molecule has 0 rings (SSSR count). The Morgan fingerprint density at radius 3 is 2.19 bits per heavy atom. The van der Waals surface area contributed by atoms with Crippen LogP contribution < -0.4 is 5.32 Å². The Balaban J connectivity index is 4.21. The average Bonchev–Trinajstić information content (AvgIpc) is 2.28. The van der Waals surface area contributed by atoms with Gasteiger partial charge in [-0.1, -0.05) is 33.6 Å². The van der Waals surface area contributed by atoms with Gasteiger partial charge in [-0.05, 0) is 19.3 Å². The molecule has 0 radical (unpaired) electrons. The van der Waals surface area contributed by atoms with Gasteiger partial charge in [0.1, 0.15) is 0 Å². The highest BCUT2D eigenvalue weighted by molar-refractivity contribution is 5.78. The van der Waals surface area contributed by atoms with Crippen molar-refractivity contribution in [2.75, 3.05) is 0 Å². The fraction of sp³-hybridized carbons (Fsp3) is 0.786. The van der Waals surface area contributed by atoms with E-state index in [4.69, 9.17) is 6.42 Å². The number of carbonyl (C=O) groups excluding carboxylic acids is 1. The number of carbonyl (C=O) groups is 1. The minimum absolute atomic E-state index is 0.147. The lowest BCUT2D eigenvalue weighted by Gasteiger charge is -2.20. The fourth-order valence-electron chi connectivity index (χ4n) is 1.86. The quantitative estimate of drug-likeness (QED) is 0.629. The Morgan fingerprint density at radius 1 is 1.25 bits per heavy atom. The van der Waals surface area contributed by atoms with E-state index in [2.05, 4.69) is 32.0 Å². The number of terminal acetylenes is 1. The molecule has 0 saturated heterocycles. The molecule has 0 spiro atoms. The Morgan fingerprint density at radius 2 is 1.81 bits per heavy atom. The molecule has 0 aliphatic rings. The first-order valence-electron chi connectivity index (χ1n) is 6.43. The molecular weight excluding hydrogens is 198 g/mol. The van der Waals surface area contributed by atoms with Gasteiger partial charge in [0.25, 0.3) is 0 Å². The molecule has 0 heterocycles. The monoisotopic (exact) mass is 223 g/mol. The number of amides is 1. The molecule has 0 bridgehead atoms. The molecule has 0 aromatic carbocycles. The van der Waals surface area contributed by atoms with Crippen LogP contribution in [0.1, 0.15) is 59.3 Å². The normalized spacial score (nSPS) is 12.2. The van der Waals surface area contributed by atoms with Gasteiger partial charge in [0.2, 0.25) is 5.91 Å². The molecule has 0 saturated carbocycles. The first kappa shape index (κ1) is 15.0. The van der Waals surface area contributed by atoms with Crippen LogP contribution in [0.2, 0.25) is 0 Å². The Labute approximate surface area is 100 Å². The van der Waals surface area contributed by atoms with Crippen LogP contribution >= 0.6 is 0 Å². The van der Waals surface area contributed by atoms with Crippen LogP contribution in [0.4, 0.5) is 0 Å². The molecular formula is C14H25NO. The molecule has 16 heavy (non-hydrogen) atoms. The molecule has 0 aromatic heterocycles. The first-order valence-corrected chi connectivity index (χ1v) is 6.43. The summed E-state index contributed by atoms with van der Waals surface area (Å²) < 4.78 is 0. The van der Waals surface area contributed by atoms with Crippen LogP contribution in [-0.4, -0.2) is 11.9 Å². The standard InChI is InChI=1S/C14H25NO/c1-5-9-12(10-6-2)14(16)15-13(8-4)11-7-3/h3,12-13H,5-6,8-11H2,1-2,4H3,(H,15,16). The molecule has 92 valence electrons. The van der Waals surface area contributed by atoms with E-state index < -0.39 is 0 Å². The lowest BCUT2D eigenvalue weighted by Crippen LogP contribution is -2.38. The van der Waals surface area contributed by atoms with E-state index in [1.807, 2.05) is 0 Å².